The van der Waals surface area contributed by atoms with E-state index >= 15 is 0 Å². The van der Waals surface area contributed by atoms with Gasteiger partial charge < -0.3 is 5.11 Å². The van der Waals surface area contributed by atoms with Gasteiger partial charge in [-0.2, -0.15) is 0 Å². The predicted molar refractivity (Wildman–Crippen MR) is 67.9 cm³/mol. The molecule has 0 atom stereocenters. The van der Waals surface area contributed by atoms with Crippen LogP contribution in [0.25, 0.3) is 0 Å². The first-order valence-corrected chi connectivity index (χ1v) is 7.52. The van der Waals surface area contributed by atoms with Crippen molar-refractivity contribution in [3.05, 3.63) is 42.1 Å². The zero-order valence-electron chi connectivity index (χ0n) is 8.45. The first-order valence-electron chi connectivity index (χ1n) is 4.45. The van der Waals surface area contributed by atoms with Gasteiger partial charge in [-0.1, -0.05) is 36.1 Å². The van der Waals surface area contributed by atoms with E-state index in [2.05, 4.69) is 19.7 Å². The van der Waals surface area contributed by atoms with E-state index in [9.17, 15) is 4.79 Å². The Morgan fingerprint density at radius 1 is 1.33 bits per heavy atom. The molecule has 1 aromatic carbocycles. The molecule has 0 aromatic heterocycles. The van der Waals surface area contributed by atoms with Crippen LogP contribution in [0.3, 0.4) is 0 Å². The van der Waals surface area contributed by atoms with Crippen LogP contribution in [-0.4, -0.2) is 70.5 Å². The number of hydrogen-bond acceptors (Lipinski definition) is 1. The number of hydrogen-bond donors (Lipinski definition) is 1. The minimum absolute atomic E-state index is 0. The molecule has 0 aliphatic carbocycles. The third-order valence-corrected chi connectivity index (χ3v) is 5.23. The van der Waals surface area contributed by atoms with Gasteiger partial charge in [0, 0.05) is 0 Å². The Kier molecular flexibility index (Phi) is 6.24. The summed E-state index contributed by atoms with van der Waals surface area (Å²) >= 11 is 0. The summed E-state index contributed by atoms with van der Waals surface area (Å²) in [6.45, 7) is 8.16. The summed E-state index contributed by atoms with van der Waals surface area (Å²) in [5.74, 6) is -0.880. The first kappa shape index (κ1) is 15.3. The molecule has 0 bridgehead atoms. The second kappa shape index (κ2) is 6.13. The molecular formula is C11H15KO2Si. The zero-order valence-corrected chi connectivity index (χ0v) is 9.45. The van der Waals surface area contributed by atoms with Crippen molar-refractivity contribution < 1.29 is 9.90 Å². The monoisotopic (exact) mass is 246 g/mol. The summed E-state index contributed by atoms with van der Waals surface area (Å²) in [6.07, 6.45) is 0. The summed E-state index contributed by atoms with van der Waals surface area (Å²) in [6, 6.07) is 7.07. The standard InChI is InChI=1S/C11H14O2Si.K.H/c1-4-14(2,3)10-7-5-9(6-8-10)11(12)13;;/h4-8H,1H2,2-3H3,(H,12,13);;. The summed E-state index contributed by atoms with van der Waals surface area (Å²) in [5.41, 5.74) is 2.32. The molecule has 0 aliphatic rings. The van der Waals surface area contributed by atoms with Crippen LogP contribution in [0.2, 0.25) is 13.1 Å². The number of aromatic carboxylic acids is 1. The summed E-state index contributed by atoms with van der Waals surface area (Å²) in [4.78, 5) is 10.6. The van der Waals surface area contributed by atoms with Crippen molar-refractivity contribution in [2.24, 2.45) is 0 Å². The van der Waals surface area contributed by atoms with Gasteiger partial charge >= 0.3 is 57.4 Å². The Labute approximate surface area is 134 Å². The van der Waals surface area contributed by atoms with Crippen LogP contribution >= 0.6 is 0 Å². The van der Waals surface area contributed by atoms with E-state index in [-0.39, 0.29) is 51.4 Å². The fourth-order valence-corrected chi connectivity index (χ4v) is 2.42. The molecule has 0 spiro atoms. The van der Waals surface area contributed by atoms with Crippen LogP contribution in [0.1, 0.15) is 10.4 Å². The van der Waals surface area contributed by atoms with Crippen LogP contribution in [0.5, 0.6) is 0 Å². The average molecular weight is 246 g/mol. The Morgan fingerprint density at radius 2 is 1.80 bits per heavy atom. The molecule has 0 radical (unpaired) electrons. The fourth-order valence-electron chi connectivity index (χ4n) is 1.16. The molecule has 0 fully saturated rings. The van der Waals surface area contributed by atoms with Crippen molar-refractivity contribution >= 4 is 70.6 Å². The fraction of sp³-hybridized carbons (Fsp3) is 0.182. The number of carboxylic acid groups (broad SMARTS) is 1. The van der Waals surface area contributed by atoms with Gasteiger partial charge in [-0.3, -0.25) is 0 Å². The molecule has 1 N–H and O–H groups in total. The molecule has 0 unspecified atom stereocenters. The third-order valence-electron chi connectivity index (χ3n) is 2.39. The molecule has 76 valence electrons. The van der Waals surface area contributed by atoms with Crippen LogP contribution < -0.4 is 5.19 Å². The van der Waals surface area contributed by atoms with Crippen molar-refractivity contribution in [2.45, 2.75) is 13.1 Å². The second-order valence-electron chi connectivity index (χ2n) is 3.81. The van der Waals surface area contributed by atoms with Crippen molar-refractivity contribution in [1.29, 1.82) is 0 Å². The molecule has 0 heterocycles. The van der Waals surface area contributed by atoms with E-state index in [0.29, 0.717) is 5.56 Å². The normalized spacial score (nSPS) is 10.3. The van der Waals surface area contributed by atoms with Crippen molar-refractivity contribution in [2.75, 3.05) is 0 Å². The van der Waals surface area contributed by atoms with Crippen LogP contribution in [0, 0.1) is 0 Å². The molecule has 0 saturated carbocycles. The molecule has 0 aliphatic heterocycles. The molecule has 1 aromatic rings. The Bertz CT molecular complexity index is 357. The first-order chi connectivity index (χ1) is 6.47. The molecule has 2 nitrogen and oxygen atoms in total. The quantitative estimate of drug-likeness (QED) is 0.818. The van der Waals surface area contributed by atoms with Gasteiger partial charge in [-0.25, -0.2) is 4.79 Å². The minimum atomic E-state index is -1.54. The number of benzene rings is 1. The van der Waals surface area contributed by atoms with E-state index in [1.807, 2.05) is 17.8 Å². The van der Waals surface area contributed by atoms with Crippen molar-refractivity contribution in [3.8, 4) is 0 Å². The van der Waals surface area contributed by atoms with Gasteiger partial charge in [-0.15, -0.1) is 6.58 Å². The van der Waals surface area contributed by atoms with E-state index in [1.54, 1.807) is 12.1 Å². The Hall–Kier alpha value is 0.283. The molecule has 4 heteroatoms. The number of carbonyl (C=O) groups is 1. The Balaban J connectivity index is 0.00000196. The van der Waals surface area contributed by atoms with Crippen LogP contribution in [-0.2, 0) is 0 Å². The van der Waals surface area contributed by atoms with Crippen LogP contribution in [0.4, 0.5) is 0 Å². The topological polar surface area (TPSA) is 37.3 Å². The van der Waals surface area contributed by atoms with Gasteiger partial charge in [0.1, 0.15) is 8.07 Å². The Morgan fingerprint density at radius 3 is 2.13 bits per heavy atom. The van der Waals surface area contributed by atoms with Gasteiger partial charge in [0.15, 0.2) is 0 Å². The molecular weight excluding hydrogens is 231 g/mol. The molecule has 1 rings (SSSR count). The molecule has 15 heavy (non-hydrogen) atoms. The van der Waals surface area contributed by atoms with Crippen molar-refractivity contribution in [1.82, 2.24) is 0 Å². The summed E-state index contributed by atoms with van der Waals surface area (Å²) < 4.78 is 0. The van der Waals surface area contributed by atoms with E-state index in [1.165, 1.54) is 5.19 Å². The summed E-state index contributed by atoms with van der Waals surface area (Å²) in [7, 11) is -1.54. The molecule has 0 saturated heterocycles. The maximum absolute atomic E-state index is 10.6. The SMILES string of the molecule is C=C[Si](C)(C)c1ccc(C(=O)O)cc1.[KH]. The molecule has 0 amide bonds. The average Bonchev–Trinajstić information content (AvgIpc) is 2.18. The van der Waals surface area contributed by atoms with Gasteiger partial charge in [-0.05, 0) is 12.1 Å². The summed E-state index contributed by atoms with van der Waals surface area (Å²) in [5, 5.41) is 9.93. The number of rotatable bonds is 3. The predicted octanol–water partition coefficient (Wildman–Crippen LogP) is 1.38. The van der Waals surface area contributed by atoms with E-state index in [0.717, 1.165) is 0 Å². The third kappa shape index (κ3) is 3.98. The second-order valence-corrected chi connectivity index (χ2v) is 8.24. The van der Waals surface area contributed by atoms with Crippen LogP contribution in [0.15, 0.2) is 36.5 Å². The zero-order chi connectivity index (χ0) is 10.8. The van der Waals surface area contributed by atoms with E-state index < -0.39 is 14.0 Å². The van der Waals surface area contributed by atoms with Crippen molar-refractivity contribution in [3.63, 3.8) is 0 Å². The van der Waals surface area contributed by atoms with Gasteiger partial charge in [0.25, 0.3) is 0 Å². The van der Waals surface area contributed by atoms with Gasteiger partial charge in [0.2, 0.25) is 0 Å². The number of carboxylic acids is 1. The van der Waals surface area contributed by atoms with E-state index in [4.69, 9.17) is 5.11 Å². The maximum atomic E-state index is 10.6. The van der Waals surface area contributed by atoms with Gasteiger partial charge in [0.05, 0.1) is 5.56 Å².